The minimum Gasteiger partial charge on any atom is -0.469 e. The lowest BCUT2D eigenvalue weighted by Gasteiger charge is -2.06. The first-order valence-electron chi connectivity index (χ1n) is 4.78. The topological polar surface area (TPSA) is 52.6 Å². The van der Waals surface area contributed by atoms with Crippen molar-refractivity contribution in [2.75, 3.05) is 7.11 Å². The van der Waals surface area contributed by atoms with Gasteiger partial charge in [0, 0.05) is 1.43 Å². The minimum atomic E-state index is -1.08. The maximum Gasteiger partial charge on any atom is 0.371 e. The van der Waals surface area contributed by atoms with Crippen LogP contribution in [0.4, 0.5) is 4.39 Å². The first-order chi connectivity index (χ1) is 7.52. The van der Waals surface area contributed by atoms with Crippen molar-refractivity contribution in [2.24, 2.45) is 5.92 Å². The Hall–Kier alpha value is -1.65. The van der Waals surface area contributed by atoms with Gasteiger partial charge in [0.25, 0.3) is 0 Å². The van der Waals surface area contributed by atoms with Crippen molar-refractivity contribution in [3.05, 3.63) is 24.7 Å². The molecule has 0 unspecified atom stereocenters. The van der Waals surface area contributed by atoms with Crippen molar-refractivity contribution in [3.8, 4) is 0 Å². The van der Waals surface area contributed by atoms with Crippen LogP contribution in [0.15, 0.2) is 24.7 Å². The maximum atomic E-state index is 12.9. The number of carbonyl (C=O) groups is 2. The number of allylic oxidation sites excluding steroid dienone is 1. The van der Waals surface area contributed by atoms with Crippen molar-refractivity contribution in [3.63, 3.8) is 0 Å². The Morgan fingerprint density at radius 3 is 2.69 bits per heavy atom. The first-order valence-corrected chi connectivity index (χ1v) is 4.78. The van der Waals surface area contributed by atoms with Gasteiger partial charge >= 0.3 is 11.9 Å². The largest absolute Gasteiger partial charge is 0.469 e. The van der Waals surface area contributed by atoms with Crippen LogP contribution in [0, 0.1) is 5.92 Å². The predicted molar refractivity (Wildman–Crippen MR) is 58.0 cm³/mol. The quantitative estimate of drug-likeness (QED) is 0.401. The van der Waals surface area contributed by atoms with Crippen molar-refractivity contribution in [1.29, 1.82) is 0 Å². The molecule has 0 heterocycles. The van der Waals surface area contributed by atoms with Gasteiger partial charge in [0.2, 0.25) is 5.83 Å². The van der Waals surface area contributed by atoms with Crippen LogP contribution in [0.25, 0.3) is 0 Å². The summed E-state index contributed by atoms with van der Waals surface area (Å²) >= 11 is 0. The van der Waals surface area contributed by atoms with Crippen LogP contribution in [-0.2, 0) is 19.1 Å². The van der Waals surface area contributed by atoms with Crippen LogP contribution in [0.3, 0.4) is 0 Å². The Balaban J connectivity index is 0. The molecule has 16 heavy (non-hydrogen) atoms. The average molecular weight is 232 g/mol. The van der Waals surface area contributed by atoms with E-state index in [1.165, 1.54) is 7.11 Å². The van der Waals surface area contributed by atoms with E-state index in [-0.39, 0.29) is 19.7 Å². The monoisotopic (exact) mass is 232 g/mol. The second-order valence-corrected chi connectivity index (χ2v) is 3.13. The van der Waals surface area contributed by atoms with E-state index >= 15 is 0 Å². The fourth-order valence-electron chi connectivity index (χ4n) is 0.994. The normalized spacial score (nSPS) is 12.8. The second kappa shape index (κ2) is 7.62. The lowest BCUT2D eigenvalue weighted by molar-refractivity contribution is -0.145. The fourth-order valence-corrected chi connectivity index (χ4v) is 0.994. The zero-order valence-corrected chi connectivity index (χ0v) is 9.36. The molecule has 0 radical (unpaired) electrons. The molecule has 1 atom stereocenters. The molecule has 0 bridgehead atoms. The number of esters is 2. The number of carbonyl (C=O) groups excluding carboxylic acids is 2. The lowest BCUT2D eigenvalue weighted by Crippen LogP contribution is -2.12. The zero-order chi connectivity index (χ0) is 12.6. The van der Waals surface area contributed by atoms with Crippen LogP contribution < -0.4 is 0 Å². The molecule has 0 amide bonds. The molecule has 0 rings (SSSR count). The van der Waals surface area contributed by atoms with E-state index in [2.05, 4.69) is 16.1 Å². The summed E-state index contributed by atoms with van der Waals surface area (Å²) in [4.78, 5) is 21.8. The van der Waals surface area contributed by atoms with Crippen LogP contribution in [0.5, 0.6) is 0 Å². The molecule has 5 heteroatoms. The van der Waals surface area contributed by atoms with Gasteiger partial charge in [-0.2, -0.15) is 4.39 Å². The first kappa shape index (κ1) is 14.3. The Labute approximate surface area is 95.2 Å². The Kier molecular flexibility index (Phi) is 6.83. The van der Waals surface area contributed by atoms with E-state index < -0.39 is 11.8 Å². The van der Waals surface area contributed by atoms with Crippen molar-refractivity contribution >= 4 is 11.9 Å². The Morgan fingerprint density at radius 2 is 2.19 bits per heavy atom. The molecule has 0 aliphatic rings. The molecule has 0 saturated carbocycles. The summed E-state index contributed by atoms with van der Waals surface area (Å²) in [5.41, 5.74) is 0. The SMILES string of the molecule is C=COC(=O)/C(F)=C\CC[C@@H](C)C(=O)OC.[HH]. The number of methoxy groups -OCH3 is 1. The van der Waals surface area contributed by atoms with Gasteiger partial charge in [-0.3, -0.25) is 4.79 Å². The summed E-state index contributed by atoms with van der Waals surface area (Å²) in [5.74, 6) is -2.76. The number of hydrogen-bond donors (Lipinski definition) is 0. The van der Waals surface area contributed by atoms with E-state index in [4.69, 9.17) is 0 Å². The predicted octanol–water partition coefficient (Wildman–Crippen LogP) is 2.36. The fraction of sp³-hybridized carbons (Fsp3) is 0.455. The molecule has 0 fully saturated rings. The summed E-state index contributed by atoms with van der Waals surface area (Å²) in [6, 6.07) is 0. The van der Waals surface area contributed by atoms with Crippen LogP contribution in [0.2, 0.25) is 0 Å². The van der Waals surface area contributed by atoms with Gasteiger partial charge in [-0.05, 0) is 18.9 Å². The second-order valence-electron chi connectivity index (χ2n) is 3.13. The summed E-state index contributed by atoms with van der Waals surface area (Å²) in [5, 5.41) is 0. The standard InChI is InChI=1S/C11H15FO4.H2/c1-4-16-11(14)9(12)7-5-6-8(2)10(13)15-3;/h4,7-8H,1,5-6H2,2-3H3;1H/b9-7+;/t8-;/m1./s1. The highest BCUT2D eigenvalue weighted by molar-refractivity contribution is 5.86. The average Bonchev–Trinajstić information content (AvgIpc) is 2.27. The number of hydrogen-bond acceptors (Lipinski definition) is 4. The molecule has 0 aromatic heterocycles. The van der Waals surface area contributed by atoms with E-state index in [1.54, 1.807) is 6.92 Å². The van der Waals surface area contributed by atoms with Gasteiger partial charge in [-0.25, -0.2) is 4.79 Å². The Morgan fingerprint density at radius 1 is 1.56 bits per heavy atom. The summed E-state index contributed by atoms with van der Waals surface area (Å²) in [6.07, 6.45) is 2.59. The zero-order valence-electron chi connectivity index (χ0n) is 9.36. The third-order valence-electron chi connectivity index (χ3n) is 1.91. The molecule has 0 N–H and O–H groups in total. The number of ether oxygens (including phenoxy) is 2. The Bertz CT molecular complexity index is 302. The molecule has 0 aromatic carbocycles. The third-order valence-corrected chi connectivity index (χ3v) is 1.91. The molecular weight excluding hydrogens is 215 g/mol. The molecule has 0 aliphatic heterocycles. The van der Waals surface area contributed by atoms with Gasteiger partial charge in [-0.1, -0.05) is 13.5 Å². The lowest BCUT2D eigenvalue weighted by atomic mass is 10.1. The van der Waals surface area contributed by atoms with Crippen LogP contribution >= 0.6 is 0 Å². The number of rotatable bonds is 6. The van der Waals surface area contributed by atoms with E-state index in [0.29, 0.717) is 6.42 Å². The van der Waals surface area contributed by atoms with Gasteiger partial charge in [0.05, 0.1) is 19.3 Å². The molecular formula is C11H17FO4. The van der Waals surface area contributed by atoms with Crippen molar-refractivity contribution in [1.82, 2.24) is 0 Å². The smallest absolute Gasteiger partial charge is 0.371 e. The maximum absolute atomic E-state index is 12.9. The highest BCUT2D eigenvalue weighted by Gasteiger charge is 2.13. The summed E-state index contributed by atoms with van der Waals surface area (Å²) < 4.78 is 21.7. The van der Waals surface area contributed by atoms with Gasteiger partial charge in [0.1, 0.15) is 0 Å². The number of halogens is 1. The van der Waals surface area contributed by atoms with Crippen molar-refractivity contribution < 1.29 is 24.9 Å². The van der Waals surface area contributed by atoms with E-state index in [9.17, 15) is 14.0 Å². The third kappa shape index (κ3) is 5.29. The summed E-state index contributed by atoms with van der Waals surface area (Å²) in [7, 11) is 1.29. The van der Waals surface area contributed by atoms with Gasteiger partial charge < -0.3 is 9.47 Å². The minimum absolute atomic E-state index is 0. The molecule has 92 valence electrons. The molecule has 0 spiro atoms. The molecule has 0 aliphatic carbocycles. The van der Waals surface area contributed by atoms with Crippen LogP contribution in [0.1, 0.15) is 21.2 Å². The molecule has 0 saturated heterocycles. The molecule has 4 nitrogen and oxygen atoms in total. The highest BCUT2D eigenvalue weighted by Crippen LogP contribution is 2.10. The van der Waals surface area contributed by atoms with Gasteiger partial charge in [0.15, 0.2) is 0 Å². The van der Waals surface area contributed by atoms with E-state index in [0.717, 1.165) is 12.3 Å². The van der Waals surface area contributed by atoms with Gasteiger partial charge in [-0.15, -0.1) is 0 Å². The van der Waals surface area contributed by atoms with Crippen LogP contribution in [-0.4, -0.2) is 19.0 Å². The summed E-state index contributed by atoms with van der Waals surface area (Å²) in [6.45, 7) is 4.79. The van der Waals surface area contributed by atoms with Crippen molar-refractivity contribution in [2.45, 2.75) is 19.8 Å². The highest BCUT2D eigenvalue weighted by atomic mass is 19.1. The molecule has 0 aromatic rings. The van der Waals surface area contributed by atoms with E-state index in [1.807, 2.05) is 0 Å².